The van der Waals surface area contributed by atoms with Crippen LogP contribution in [-0.4, -0.2) is 40.6 Å². The van der Waals surface area contributed by atoms with Gasteiger partial charge < -0.3 is 10.0 Å². The molecule has 1 saturated carbocycles. The Hall–Kier alpha value is -1.24. The van der Waals surface area contributed by atoms with Crippen LogP contribution in [0.1, 0.15) is 35.4 Å². The van der Waals surface area contributed by atoms with E-state index < -0.39 is 0 Å². The molecule has 0 bridgehead atoms. The highest BCUT2D eigenvalue weighted by molar-refractivity contribution is 7.17. The fourth-order valence-electron chi connectivity index (χ4n) is 2.92. The zero-order valence-electron chi connectivity index (χ0n) is 12.6. The summed E-state index contributed by atoms with van der Waals surface area (Å²) in [5, 5.41) is 15.0. The third kappa shape index (κ3) is 3.39. The summed E-state index contributed by atoms with van der Waals surface area (Å²) in [6.07, 6.45) is 5.48. The van der Waals surface area contributed by atoms with E-state index in [0.717, 1.165) is 36.3 Å². The molecule has 6 heteroatoms. The second-order valence-electron chi connectivity index (χ2n) is 5.84. The van der Waals surface area contributed by atoms with Crippen molar-refractivity contribution >= 4 is 28.6 Å². The minimum absolute atomic E-state index is 0.00301. The summed E-state index contributed by atoms with van der Waals surface area (Å²) in [6, 6.07) is 2.01. The van der Waals surface area contributed by atoms with Crippen LogP contribution in [0.5, 0.6) is 0 Å². The third-order valence-electron chi connectivity index (χ3n) is 4.21. The van der Waals surface area contributed by atoms with Gasteiger partial charge in [0.1, 0.15) is 9.88 Å². The van der Waals surface area contributed by atoms with Crippen LogP contribution in [0.25, 0.3) is 10.6 Å². The largest absolute Gasteiger partial charge is 0.393 e. The van der Waals surface area contributed by atoms with E-state index >= 15 is 0 Å². The number of carbonyl (C=O) groups excluding carboxylic acids is 1. The lowest BCUT2D eigenvalue weighted by Gasteiger charge is -2.31. The lowest BCUT2D eigenvalue weighted by molar-refractivity contribution is 0.0453. The molecule has 2 aromatic rings. The Balaban J connectivity index is 1.65. The van der Waals surface area contributed by atoms with E-state index in [1.807, 2.05) is 23.9 Å². The van der Waals surface area contributed by atoms with Crippen LogP contribution in [-0.2, 0) is 0 Å². The van der Waals surface area contributed by atoms with Crippen molar-refractivity contribution in [2.45, 2.75) is 31.8 Å². The molecule has 0 aromatic carbocycles. The SMILES string of the molecule is CN(CC1CCCCC1O)C(=O)c1cnc(-c2ccsc2)s1. The highest BCUT2D eigenvalue weighted by Gasteiger charge is 2.26. The van der Waals surface area contributed by atoms with Crippen LogP contribution in [0.3, 0.4) is 0 Å². The van der Waals surface area contributed by atoms with Gasteiger partial charge in [-0.25, -0.2) is 4.98 Å². The van der Waals surface area contributed by atoms with E-state index in [4.69, 9.17) is 0 Å². The minimum Gasteiger partial charge on any atom is -0.393 e. The Labute approximate surface area is 138 Å². The number of hydrogen-bond donors (Lipinski definition) is 1. The first kappa shape index (κ1) is 15.6. The van der Waals surface area contributed by atoms with E-state index in [9.17, 15) is 9.90 Å². The Morgan fingerprint density at radius 3 is 3.00 bits per heavy atom. The minimum atomic E-state index is -0.271. The first-order valence-corrected chi connectivity index (χ1v) is 9.33. The Bertz CT molecular complexity index is 624. The standard InChI is InChI=1S/C16H20N2O2S2/c1-18(9-11-4-2-3-5-13(11)19)16(20)14-8-17-15(22-14)12-6-7-21-10-12/h6-8,10-11,13,19H,2-5,9H2,1H3. The molecule has 0 saturated heterocycles. The number of carbonyl (C=O) groups is 1. The van der Waals surface area contributed by atoms with Gasteiger partial charge in [-0.1, -0.05) is 12.8 Å². The first-order valence-electron chi connectivity index (χ1n) is 7.57. The molecule has 4 nitrogen and oxygen atoms in total. The summed E-state index contributed by atoms with van der Waals surface area (Å²) in [5.74, 6) is 0.198. The Kier molecular flexibility index (Phi) is 4.90. The fourth-order valence-corrected chi connectivity index (χ4v) is 4.54. The van der Waals surface area contributed by atoms with Crippen molar-refractivity contribution < 1.29 is 9.90 Å². The van der Waals surface area contributed by atoms with Crippen LogP contribution >= 0.6 is 22.7 Å². The molecule has 22 heavy (non-hydrogen) atoms. The van der Waals surface area contributed by atoms with Gasteiger partial charge in [0.25, 0.3) is 5.91 Å². The molecule has 118 valence electrons. The monoisotopic (exact) mass is 336 g/mol. The van der Waals surface area contributed by atoms with Gasteiger partial charge in [0.05, 0.1) is 12.3 Å². The summed E-state index contributed by atoms with van der Waals surface area (Å²) in [7, 11) is 1.81. The van der Waals surface area contributed by atoms with Crippen molar-refractivity contribution in [3.63, 3.8) is 0 Å². The molecule has 0 radical (unpaired) electrons. The smallest absolute Gasteiger partial charge is 0.265 e. The molecular formula is C16H20N2O2S2. The number of aliphatic hydroxyl groups excluding tert-OH is 1. The van der Waals surface area contributed by atoms with Gasteiger partial charge in [-0.2, -0.15) is 11.3 Å². The van der Waals surface area contributed by atoms with Crippen molar-refractivity contribution in [2.24, 2.45) is 5.92 Å². The average molecular weight is 336 g/mol. The highest BCUT2D eigenvalue weighted by atomic mass is 32.1. The van der Waals surface area contributed by atoms with E-state index in [0.29, 0.717) is 11.4 Å². The van der Waals surface area contributed by atoms with Crippen LogP contribution in [0, 0.1) is 5.92 Å². The predicted molar refractivity (Wildman–Crippen MR) is 90.4 cm³/mol. The second-order valence-corrected chi connectivity index (χ2v) is 7.65. The topological polar surface area (TPSA) is 53.4 Å². The maximum absolute atomic E-state index is 12.5. The van der Waals surface area contributed by atoms with Gasteiger partial charge in [-0.15, -0.1) is 11.3 Å². The van der Waals surface area contributed by atoms with Crippen LogP contribution in [0.15, 0.2) is 23.0 Å². The lowest BCUT2D eigenvalue weighted by Crippen LogP contribution is -2.37. The zero-order valence-corrected chi connectivity index (χ0v) is 14.2. The summed E-state index contributed by atoms with van der Waals surface area (Å²) in [6.45, 7) is 0.617. The van der Waals surface area contributed by atoms with Crippen molar-refractivity contribution in [3.8, 4) is 10.6 Å². The molecule has 1 aliphatic rings. The third-order valence-corrected chi connectivity index (χ3v) is 5.93. The number of rotatable bonds is 4. The van der Waals surface area contributed by atoms with Gasteiger partial charge in [-0.3, -0.25) is 4.79 Å². The van der Waals surface area contributed by atoms with Crippen LogP contribution in [0.2, 0.25) is 0 Å². The molecule has 1 amide bonds. The van der Waals surface area contributed by atoms with Crippen molar-refractivity contribution in [2.75, 3.05) is 13.6 Å². The zero-order chi connectivity index (χ0) is 15.5. The van der Waals surface area contributed by atoms with Crippen molar-refractivity contribution in [1.29, 1.82) is 0 Å². The van der Waals surface area contributed by atoms with Gasteiger partial charge in [0, 0.05) is 30.5 Å². The fraction of sp³-hybridized carbons (Fsp3) is 0.500. The van der Waals surface area contributed by atoms with E-state index in [-0.39, 0.29) is 17.9 Å². The normalized spacial score (nSPS) is 21.7. The maximum Gasteiger partial charge on any atom is 0.265 e. The number of thiazole rings is 1. The van der Waals surface area contributed by atoms with E-state index in [2.05, 4.69) is 4.98 Å². The molecule has 2 aromatic heterocycles. The molecule has 0 aliphatic heterocycles. The molecule has 0 spiro atoms. The lowest BCUT2D eigenvalue weighted by atomic mass is 9.86. The molecule has 1 fully saturated rings. The number of amides is 1. The first-order chi connectivity index (χ1) is 10.6. The molecule has 1 N–H and O–H groups in total. The van der Waals surface area contributed by atoms with Crippen LogP contribution in [0.4, 0.5) is 0 Å². The Morgan fingerprint density at radius 2 is 2.27 bits per heavy atom. The number of thiophene rings is 1. The van der Waals surface area contributed by atoms with Crippen LogP contribution < -0.4 is 0 Å². The maximum atomic E-state index is 12.5. The quantitative estimate of drug-likeness (QED) is 0.930. The molecule has 2 heterocycles. The van der Waals surface area contributed by atoms with Crippen molar-refractivity contribution in [3.05, 3.63) is 27.9 Å². The van der Waals surface area contributed by atoms with Crippen molar-refractivity contribution in [1.82, 2.24) is 9.88 Å². The predicted octanol–water partition coefficient (Wildman–Crippen LogP) is 3.49. The number of nitrogens with zero attached hydrogens (tertiary/aromatic N) is 2. The molecule has 3 rings (SSSR count). The van der Waals surface area contributed by atoms with E-state index in [1.54, 1.807) is 22.4 Å². The molecule has 2 unspecified atom stereocenters. The van der Waals surface area contributed by atoms with E-state index in [1.165, 1.54) is 11.3 Å². The Morgan fingerprint density at radius 1 is 1.45 bits per heavy atom. The number of aromatic nitrogens is 1. The number of hydrogen-bond acceptors (Lipinski definition) is 5. The molecule has 1 aliphatic carbocycles. The van der Waals surface area contributed by atoms with Gasteiger partial charge in [-0.05, 0) is 24.3 Å². The highest BCUT2D eigenvalue weighted by Crippen LogP contribution is 2.29. The summed E-state index contributed by atoms with van der Waals surface area (Å²) < 4.78 is 0. The summed E-state index contributed by atoms with van der Waals surface area (Å²) >= 11 is 3.06. The number of aliphatic hydroxyl groups is 1. The molecular weight excluding hydrogens is 316 g/mol. The van der Waals surface area contributed by atoms with Gasteiger partial charge in [0.2, 0.25) is 0 Å². The van der Waals surface area contributed by atoms with Gasteiger partial charge >= 0.3 is 0 Å². The summed E-state index contributed by atoms with van der Waals surface area (Å²) in [5.41, 5.74) is 1.07. The van der Waals surface area contributed by atoms with Gasteiger partial charge in [0.15, 0.2) is 0 Å². The average Bonchev–Trinajstić information content (AvgIpc) is 3.19. The summed E-state index contributed by atoms with van der Waals surface area (Å²) in [4.78, 5) is 19.3. The second kappa shape index (κ2) is 6.89. The molecule has 2 atom stereocenters.